The quantitative estimate of drug-likeness (QED) is 0.587. The molecule has 0 amide bonds. The Bertz CT molecular complexity index is 601. The van der Waals surface area contributed by atoms with Gasteiger partial charge in [0, 0.05) is 31.9 Å². The van der Waals surface area contributed by atoms with Gasteiger partial charge in [0.15, 0.2) is 4.90 Å². The Labute approximate surface area is 125 Å². The molecular weight excluding hydrogens is 294 g/mol. The molecule has 0 aliphatic heterocycles. The minimum Gasteiger partial charge on any atom is -0.385 e. The molecule has 118 valence electrons. The lowest BCUT2D eigenvalue weighted by Crippen LogP contribution is -2.28. The van der Waals surface area contributed by atoms with Crippen LogP contribution in [0.25, 0.3) is 0 Å². The molecule has 0 bridgehead atoms. The second kappa shape index (κ2) is 7.37. The molecule has 0 radical (unpaired) electrons. The van der Waals surface area contributed by atoms with E-state index in [-0.39, 0.29) is 4.90 Å². The summed E-state index contributed by atoms with van der Waals surface area (Å²) in [6.07, 6.45) is 1.51. The smallest absolute Gasteiger partial charge is 0.291 e. The largest absolute Gasteiger partial charge is 0.385 e. The number of hydrogen-bond acceptors (Lipinski definition) is 5. The predicted octanol–water partition coefficient (Wildman–Crippen LogP) is 2.45. The van der Waals surface area contributed by atoms with Crippen molar-refractivity contribution in [2.45, 2.75) is 31.6 Å². The molecule has 1 N–H and O–H groups in total. The number of sulfonamides is 1. The number of nitrogens with one attached hydrogen (secondary N) is 1. The summed E-state index contributed by atoms with van der Waals surface area (Å²) in [6, 6.07) is 4.11. The monoisotopic (exact) mass is 315 g/mol. The third-order valence-electron chi connectivity index (χ3n) is 2.96. The van der Waals surface area contributed by atoms with Gasteiger partial charge in [-0.2, -0.15) is 0 Å². The number of benzene rings is 1. The van der Waals surface area contributed by atoms with Crippen molar-refractivity contribution in [1.29, 1.82) is 0 Å². The Kier molecular flexibility index (Phi) is 6.10. The van der Waals surface area contributed by atoms with E-state index in [9.17, 15) is 18.5 Å². The SMILES string of the molecule is CCCNc1ccc(S(=O)(=O)N(C)CCC)c([N+](=O)[O-])c1. The third kappa shape index (κ3) is 4.15. The van der Waals surface area contributed by atoms with Crippen molar-refractivity contribution in [2.75, 3.05) is 25.5 Å². The lowest BCUT2D eigenvalue weighted by atomic mass is 10.2. The zero-order chi connectivity index (χ0) is 16.0. The normalized spacial score (nSPS) is 11.6. The van der Waals surface area contributed by atoms with Crippen LogP contribution < -0.4 is 5.32 Å². The van der Waals surface area contributed by atoms with Crippen LogP contribution in [-0.2, 0) is 10.0 Å². The van der Waals surface area contributed by atoms with Gasteiger partial charge in [0.1, 0.15) is 0 Å². The summed E-state index contributed by atoms with van der Waals surface area (Å²) < 4.78 is 25.9. The molecule has 0 fully saturated rings. The van der Waals surface area contributed by atoms with Crippen LogP contribution in [0.3, 0.4) is 0 Å². The first kappa shape index (κ1) is 17.4. The number of nitro groups is 1. The number of nitrogens with zero attached hydrogens (tertiary/aromatic N) is 2. The van der Waals surface area contributed by atoms with Crippen LogP contribution in [0.5, 0.6) is 0 Å². The van der Waals surface area contributed by atoms with E-state index in [1.165, 1.54) is 19.2 Å². The molecule has 1 aromatic carbocycles. The first-order valence-electron chi connectivity index (χ1n) is 6.83. The fraction of sp³-hybridized carbons (Fsp3) is 0.538. The highest BCUT2D eigenvalue weighted by molar-refractivity contribution is 7.89. The van der Waals surface area contributed by atoms with Crippen molar-refractivity contribution in [1.82, 2.24) is 4.31 Å². The van der Waals surface area contributed by atoms with Crippen molar-refractivity contribution < 1.29 is 13.3 Å². The van der Waals surface area contributed by atoms with Crippen LogP contribution in [-0.4, -0.2) is 37.8 Å². The van der Waals surface area contributed by atoms with E-state index in [4.69, 9.17) is 0 Å². The Hall–Kier alpha value is -1.67. The van der Waals surface area contributed by atoms with Crippen LogP contribution in [0.2, 0.25) is 0 Å². The Morgan fingerprint density at radius 2 is 1.95 bits per heavy atom. The summed E-state index contributed by atoms with van der Waals surface area (Å²) in [5, 5.41) is 14.2. The van der Waals surface area contributed by atoms with E-state index < -0.39 is 20.6 Å². The zero-order valence-electron chi connectivity index (χ0n) is 12.5. The molecule has 0 unspecified atom stereocenters. The highest BCUT2D eigenvalue weighted by atomic mass is 32.2. The number of nitro benzene ring substituents is 1. The molecule has 0 spiro atoms. The fourth-order valence-electron chi connectivity index (χ4n) is 1.86. The Balaban J connectivity index is 3.26. The second-order valence-corrected chi connectivity index (χ2v) is 6.71. The average Bonchev–Trinajstić information content (AvgIpc) is 2.44. The van der Waals surface area contributed by atoms with E-state index in [0.29, 0.717) is 25.2 Å². The minimum absolute atomic E-state index is 0.273. The van der Waals surface area contributed by atoms with Gasteiger partial charge < -0.3 is 5.32 Å². The lowest BCUT2D eigenvalue weighted by Gasteiger charge is -2.16. The molecule has 0 aliphatic carbocycles. The molecule has 0 saturated heterocycles. The first-order chi connectivity index (χ1) is 9.84. The molecule has 7 nitrogen and oxygen atoms in total. The molecular formula is C13H21N3O4S. The van der Waals surface area contributed by atoms with Gasteiger partial charge in [-0.1, -0.05) is 13.8 Å². The Morgan fingerprint density at radius 3 is 2.48 bits per heavy atom. The highest BCUT2D eigenvalue weighted by Gasteiger charge is 2.29. The summed E-state index contributed by atoms with van der Waals surface area (Å²) >= 11 is 0. The second-order valence-electron chi connectivity index (χ2n) is 4.69. The lowest BCUT2D eigenvalue weighted by molar-refractivity contribution is -0.387. The molecule has 0 heterocycles. The predicted molar refractivity (Wildman–Crippen MR) is 82.0 cm³/mol. The number of anilines is 1. The van der Waals surface area contributed by atoms with Gasteiger partial charge in [0.2, 0.25) is 10.0 Å². The number of hydrogen-bond donors (Lipinski definition) is 1. The van der Waals surface area contributed by atoms with Gasteiger partial charge in [0.05, 0.1) is 4.92 Å². The van der Waals surface area contributed by atoms with Crippen LogP contribution in [0.1, 0.15) is 26.7 Å². The maximum Gasteiger partial charge on any atom is 0.291 e. The average molecular weight is 315 g/mol. The van der Waals surface area contributed by atoms with E-state index in [0.717, 1.165) is 10.7 Å². The van der Waals surface area contributed by atoms with Crippen molar-refractivity contribution in [2.24, 2.45) is 0 Å². The summed E-state index contributed by atoms with van der Waals surface area (Å²) in [7, 11) is -2.43. The van der Waals surface area contributed by atoms with Crippen molar-refractivity contribution >= 4 is 21.4 Å². The molecule has 1 aromatic rings. The summed E-state index contributed by atoms with van der Waals surface area (Å²) in [6.45, 7) is 4.80. The van der Waals surface area contributed by atoms with Gasteiger partial charge >= 0.3 is 0 Å². The molecule has 21 heavy (non-hydrogen) atoms. The number of rotatable bonds is 8. The molecule has 0 aliphatic rings. The van der Waals surface area contributed by atoms with Crippen LogP contribution in [0.4, 0.5) is 11.4 Å². The van der Waals surface area contributed by atoms with E-state index in [2.05, 4.69) is 5.32 Å². The third-order valence-corrected chi connectivity index (χ3v) is 4.87. The van der Waals surface area contributed by atoms with Crippen LogP contribution >= 0.6 is 0 Å². The minimum atomic E-state index is -3.85. The van der Waals surface area contributed by atoms with Crippen LogP contribution in [0, 0.1) is 10.1 Å². The molecule has 1 rings (SSSR count). The van der Waals surface area contributed by atoms with E-state index in [1.807, 2.05) is 13.8 Å². The fourth-order valence-corrected chi connectivity index (χ4v) is 3.26. The standard InChI is InChI=1S/C13H21N3O4S/c1-4-8-14-11-6-7-13(12(10-11)16(17)18)21(19,20)15(3)9-5-2/h6-7,10,14H,4-5,8-9H2,1-3H3. The van der Waals surface area contributed by atoms with E-state index in [1.54, 1.807) is 6.07 Å². The molecule has 0 atom stereocenters. The summed E-state index contributed by atoms with van der Waals surface area (Å²) in [5.41, 5.74) is 0.139. The van der Waals surface area contributed by atoms with Gasteiger partial charge in [-0.15, -0.1) is 0 Å². The van der Waals surface area contributed by atoms with Gasteiger partial charge in [-0.3, -0.25) is 10.1 Å². The topological polar surface area (TPSA) is 92.6 Å². The maximum atomic E-state index is 12.4. The van der Waals surface area contributed by atoms with Crippen molar-refractivity contribution in [3.05, 3.63) is 28.3 Å². The summed E-state index contributed by atoms with van der Waals surface area (Å²) in [4.78, 5) is 10.2. The molecule has 0 saturated carbocycles. The first-order valence-corrected chi connectivity index (χ1v) is 8.27. The van der Waals surface area contributed by atoms with Gasteiger partial charge in [0.25, 0.3) is 5.69 Å². The zero-order valence-corrected chi connectivity index (χ0v) is 13.3. The summed E-state index contributed by atoms with van der Waals surface area (Å²) in [5.74, 6) is 0. The molecule has 8 heteroatoms. The van der Waals surface area contributed by atoms with E-state index >= 15 is 0 Å². The van der Waals surface area contributed by atoms with Gasteiger partial charge in [-0.25, -0.2) is 12.7 Å². The Morgan fingerprint density at radius 1 is 1.29 bits per heavy atom. The molecule has 0 aromatic heterocycles. The highest BCUT2D eigenvalue weighted by Crippen LogP contribution is 2.29. The van der Waals surface area contributed by atoms with Crippen LogP contribution in [0.15, 0.2) is 23.1 Å². The van der Waals surface area contributed by atoms with Crippen molar-refractivity contribution in [3.8, 4) is 0 Å². The maximum absolute atomic E-state index is 12.4. The van der Waals surface area contributed by atoms with Crippen molar-refractivity contribution in [3.63, 3.8) is 0 Å². The van der Waals surface area contributed by atoms with Gasteiger partial charge in [-0.05, 0) is 25.0 Å².